The number of hydrogen-bond acceptors (Lipinski definition) is 6. The first-order valence-electron chi connectivity index (χ1n) is 7.68. The van der Waals surface area contributed by atoms with Crippen LogP contribution in [-0.2, 0) is 20.0 Å². The largest absolute Gasteiger partial charge is 0.390 e. The molecule has 2 aromatic rings. The van der Waals surface area contributed by atoms with Gasteiger partial charge in [-0.1, -0.05) is 11.6 Å². The minimum absolute atomic E-state index is 0.145. The zero-order chi connectivity index (χ0) is 17.1. The normalized spacial score (nSPS) is 15.8. The fourth-order valence-corrected chi connectivity index (χ4v) is 2.94. The number of amides is 1. The van der Waals surface area contributed by atoms with Gasteiger partial charge >= 0.3 is 0 Å². The molecule has 2 aromatic heterocycles. The van der Waals surface area contributed by atoms with E-state index < -0.39 is 6.10 Å². The first-order valence-corrected chi connectivity index (χ1v) is 8.06. The van der Waals surface area contributed by atoms with E-state index in [9.17, 15) is 9.90 Å². The summed E-state index contributed by atoms with van der Waals surface area (Å²) < 4.78 is 2.04. The molecule has 0 fully saturated rings. The van der Waals surface area contributed by atoms with Crippen LogP contribution in [0.3, 0.4) is 0 Å². The van der Waals surface area contributed by atoms with Crippen molar-refractivity contribution in [1.82, 2.24) is 29.7 Å². The number of carbonyl (C=O) groups is 1. The molecular formula is C15H19ClN6O2. The fourth-order valence-electron chi connectivity index (χ4n) is 2.79. The van der Waals surface area contributed by atoms with Gasteiger partial charge in [-0.25, -0.2) is 15.0 Å². The maximum Gasteiger partial charge on any atom is 0.270 e. The molecule has 0 spiro atoms. The van der Waals surface area contributed by atoms with Gasteiger partial charge in [-0.05, 0) is 0 Å². The van der Waals surface area contributed by atoms with Gasteiger partial charge in [0.2, 0.25) is 0 Å². The Labute approximate surface area is 144 Å². The molecule has 3 heterocycles. The highest BCUT2D eigenvalue weighted by Crippen LogP contribution is 2.16. The average molecular weight is 351 g/mol. The second-order valence-electron chi connectivity index (χ2n) is 5.82. The van der Waals surface area contributed by atoms with Crippen LogP contribution in [0.2, 0.25) is 5.15 Å². The first-order chi connectivity index (χ1) is 11.5. The molecular weight excluding hydrogens is 332 g/mol. The Bertz CT molecular complexity index is 735. The molecule has 0 radical (unpaired) electrons. The number of nitrogens with zero attached hydrogens (tertiary/aromatic N) is 5. The summed E-state index contributed by atoms with van der Waals surface area (Å²) in [6, 6.07) is 1.39. The summed E-state index contributed by atoms with van der Waals surface area (Å²) in [7, 11) is 1.99. The van der Waals surface area contributed by atoms with Crippen LogP contribution in [0.5, 0.6) is 0 Å². The number of aliphatic hydroxyl groups excluding tert-OH is 1. The van der Waals surface area contributed by atoms with E-state index in [-0.39, 0.29) is 23.3 Å². The number of imidazole rings is 1. The first kappa shape index (κ1) is 16.8. The SMILES string of the molecule is Cn1cnc2c1CCN(CC(O)CNC(=O)c1cc(Cl)ncn1)C2. The lowest BCUT2D eigenvalue weighted by Crippen LogP contribution is -2.42. The van der Waals surface area contributed by atoms with Gasteiger partial charge in [0, 0.05) is 51.4 Å². The number of nitrogens with one attached hydrogen (secondary N) is 1. The Morgan fingerprint density at radius 1 is 1.46 bits per heavy atom. The highest BCUT2D eigenvalue weighted by atomic mass is 35.5. The standard InChI is InChI=1S/C15H19ClN6O2/c1-21-9-20-12-7-22(3-2-13(12)21)6-10(23)5-17-15(24)11-4-14(16)19-8-18-11/h4,8-10,23H,2-3,5-7H2,1H3,(H,17,24). The molecule has 9 heteroatoms. The number of carbonyl (C=O) groups excluding carboxylic acids is 1. The molecule has 1 aliphatic rings. The smallest absolute Gasteiger partial charge is 0.270 e. The van der Waals surface area contributed by atoms with Crippen molar-refractivity contribution in [2.45, 2.75) is 19.1 Å². The van der Waals surface area contributed by atoms with E-state index in [0.717, 1.165) is 18.7 Å². The van der Waals surface area contributed by atoms with Gasteiger partial charge < -0.3 is 15.0 Å². The molecule has 1 unspecified atom stereocenters. The van der Waals surface area contributed by atoms with Gasteiger partial charge in [-0.3, -0.25) is 9.69 Å². The third-order valence-corrected chi connectivity index (χ3v) is 4.22. The second-order valence-corrected chi connectivity index (χ2v) is 6.21. The number of rotatable bonds is 5. The van der Waals surface area contributed by atoms with Gasteiger partial charge in [-0.15, -0.1) is 0 Å². The highest BCUT2D eigenvalue weighted by Gasteiger charge is 2.22. The van der Waals surface area contributed by atoms with E-state index >= 15 is 0 Å². The molecule has 0 aromatic carbocycles. The van der Waals surface area contributed by atoms with Gasteiger partial charge in [0.15, 0.2) is 0 Å². The number of halogens is 1. The molecule has 1 amide bonds. The summed E-state index contributed by atoms with van der Waals surface area (Å²) >= 11 is 5.73. The number of β-amino-alcohol motifs (C(OH)–C–C–N with tert-alkyl or cyclic N) is 1. The lowest BCUT2D eigenvalue weighted by atomic mass is 10.1. The summed E-state index contributed by atoms with van der Waals surface area (Å²) in [5, 5.41) is 13.0. The lowest BCUT2D eigenvalue weighted by Gasteiger charge is -2.28. The van der Waals surface area contributed by atoms with Crippen LogP contribution >= 0.6 is 11.6 Å². The number of aliphatic hydroxyl groups is 1. The summed E-state index contributed by atoms with van der Waals surface area (Å²) in [4.78, 5) is 26.1. The van der Waals surface area contributed by atoms with Gasteiger partial charge in [0.25, 0.3) is 5.91 Å². The van der Waals surface area contributed by atoms with Gasteiger partial charge in [0.1, 0.15) is 17.2 Å². The molecule has 1 atom stereocenters. The highest BCUT2D eigenvalue weighted by molar-refractivity contribution is 6.29. The van der Waals surface area contributed by atoms with Crippen LogP contribution in [0, 0.1) is 0 Å². The summed E-state index contributed by atoms with van der Waals surface area (Å²) in [5.41, 5.74) is 2.48. The van der Waals surface area contributed by atoms with E-state index in [1.807, 2.05) is 17.9 Å². The maximum atomic E-state index is 12.0. The Morgan fingerprint density at radius 2 is 2.29 bits per heavy atom. The van der Waals surface area contributed by atoms with Crippen molar-refractivity contribution in [2.75, 3.05) is 19.6 Å². The third-order valence-electron chi connectivity index (χ3n) is 4.02. The molecule has 1 aliphatic heterocycles. The Morgan fingerprint density at radius 3 is 3.08 bits per heavy atom. The van der Waals surface area contributed by atoms with Crippen LogP contribution in [0.15, 0.2) is 18.7 Å². The summed E-state index contributed by atoms with van der Waals surface area (Å²) in [5.74, 6) is -0.385. The number of hydrogen-bond donors (Lipinski definition) is 2. The molecule has 0 saturated carbocycles. The van der Waals surface area contributed by atoms with Crippen molar-refractivity contribution in [3.63, 3.8) is 0 Å². The van der Waals surface area contributed by atoms with E-state index in [0.29, 0.717) is 13.1 Å². The topological polar surface area (TPSA) is 96.2 Å². The average Bonchev–Trinajstić information content (AvgIpc) is 2.93. The van der Waals surface area contributed by atoms with E-state index in [2.05, 4.69) is 25.2 Å². The van der Waals surface area contributed by atoms with Crippen molar-refractivity contribution in [2.24, 2.45) is 7.05 Å². The van der Waals surface area contributed by atoms with Crippen molar-refractivity contribution in [3.05, 3.63) is 41.0 Å². The van der Waals surface area contributed by atoms with Crippen molar-refractivity contribution >= 4 is 17.5 Å². The molecule has 24 heavy (non-hydrogen) atoms. The summed E-state index contributed by atoms with van der Waals surface area (Å²) in [6.45, 7) is 2.19. The predicted molar refractivity (Wildman–Crippen MR) is 87.6 cm³/mol. The van der Waals surface area contributed by atoms with Crippen LogP contribution in [0.4, 0.5) is 0 Å². The number of aromatic nitrogens is 4. The van der Waals surface area contributed by atoms with E-state index in [1.165, 1.54) is 18.1 Å². The molecule has 8 nitrogen and oxygen atoms in total. The van der Waals surface area contributed by atoms with Crippen LogP contribution < -0.4 is 5.32 Å². The minimum atomic E-state index is -0.670. The Balaban J connectivity index is 1.48. The molecule has 0 bridgehead atoms. The monoisotopic (exact) mass is 350 g/mol. The zero-order valence-electron chi connectivity index (χ0n) is 13.3. The van der Waals surface area contributed by atoms with Gasteiger partial charge in [-0.2, -0.15) is 0 Å². The van der Waals surface area contributed by atoms with Crippen molar-refractivity contribution in [3.8, 4) is 0 Å². The van der Waals surface area contributed by atoms with Gasteiger partial charge in [0.05, 0.1) is 18.1 Å². The maximum absolute atomic E-state index is 12.0. The lowest BCUT2D eigenvalue weighted by molar-refractivity contribution is 0.0834. The zero-order valence-corrected chi connectivity index (χ0v) is 14.1. The fraction of sp³-hybridized carbons (Fsp3) is 0.467. The summed E-state index contributed by atoms with van der Waals surface area (Å²) in [6.07, 6.45) is 3.28. The third kappa shape index (κ3) is 3.89. The Kier molecular flexibility index (Phi) is 5.08. The molecule has 2 N–H and O–H groups in total. The van der Waals surface area contributed by atoms with Crippen LogP contribution in [-0.4, -0.2) is 61.2 Å². The number of aryl methyl sites for hydroxylation is 1. The van der Waals surface area contributed by atoms with E-state index in [1.54, 1.807) is 0 Å². The van der Waals surface area contributed by atoms with Crippen molar-refractivity contribution in [1.29, 1.82) is 0 Å². The van der Waals surface area contributed by atoms with E-state index in [4.69, 9.17) is 11.6 Å². The Hall–Kier alpha value is -2.03. The van der Waals surface area contributed by atoms with Crippen LogP contribution in [0.1, 0.15) is 21.9 Å². The van der Waals surface area contributed by atoms with Crippen LogP contribution in [0.25, 0.3) is 0 Å². The molecule has 128 valence electrons. The molecule has 0 aliphatic carbocycles. The second kappa shape index (κ2) is 7.25. The number of fused-ring (bicyclic) bond motifs is 1. The quantitative estimate of drug-likeness (QED) is 0.738. The predicted octanol–water partition coefficient (Wildman–Crippen LogP) is 0.0125. The molecule has 3 rings (SSSR count). The van der Waals surface area contributed by atoms with Crippen molar-refractivity contribution < 1.29 is 9.90 Å². The molecule has 0 saturated heterocycles. The minimum Gasteiger partial charge on any atom is -0.390 e.